The molecule has 8 heteroatoms. The number of nitrogens with zero attached hydrogens (tertiary/aromatic N) is 3. The van der Waals surface area contributed by atoms with Crippen LogP contribution in [0.4, 0.5) is 8.78 Å². The van der Waals surface area contributed by atoms with Crippen molar-refractivity contribution in [1.82, 2.24) is 20.2 Å². The summed E-state index contributed by atoms with van der Waals surface area (Å²) in [5.41, 5.74) is 2.07. The van der Waals surface area contributed by atoms with Crippen molar-refractivity contribution in [2.45, 2.75) is 25.9 Å². The highest BCUT2D eigenvalue weighted by Gasteiger charge is 2.33. The van der Waals surface area contributed by atoms with Crippen molar-refractivity contribution < 1.29 is 18.4 Å². The second-order valence-corrected chi connectivity index (χ2v) is 7.46. The third kappa shape index (κ3) is 4.58. The minimum atomic E-state index is -0.642. The number of amides is 2. The molecule has 4 rings (SSSR count). The van der Waals surface area contributed by atoms with Crippen LogP contribution >= 0.6 is 0 Å². The molecule has 1 aromatic heterocycles. The molecule has 1 aliphatic rings. The van der Waals surface area contributed by atoms with Gasteiger partial charge in [-0.15, -0.1) is 0 Å². The average molecular weight is 422 g/mol. The highest BCUT2D eigenvalue weighted by molar-refractivity contribution is 5.97. The van der Waals surface area contributed by atoms with Crippen molar-refractivity contribution in [2.75, 3.05) is 6.54 Å². The van der Waals surface area contributed by atoms with E-state index in [-0.39, 0.29) is 17.3 Å². The highest BCUT2D eigenvalue weighted by Crippen LogP contribution is 2.18. The molecule has 0 spiro atoms. The van der Waals surface area contributed by atoms with Crippen LogP contribution in [-0.4, -0.2) is 39.3 Å². The zero-order valence-electron chi connectivity index (χ0n) is 16.8. The quantitative estimate of drug-likeness (QED) is 0.685. The topological polar surface area (TPSA) is 75.2 Å². The van der Waals surface area contributed by atoms with E-state index in [4.69, 9.17) is 0 Å². The van der Waals surface area contributed by atoms with E-state index in [1.807, 2.05) is 0 Å². The van der Waals surface area contributed by atoms with Crippen LogP contribution in [0.5, 0.6) is 0 Å². The summed E-state index contributed by atoms with van der Waals surface area (Å²) in [6, 6.07) is 9.97. The third-order valence-corrected chi connectivity index (χ3v) is 5.20. The molecule has 1 fully saturated rings. The Kier molecular flexibility index (Phi) is 5.70. The van der Waals surface area contributed by atoms with Crippen molar-refractivity contribution >= 4 is 11.8 Å². The molecule has 1 saturated heterocycles. The summed E-state index contributed by atoms with van der Waals surface area (Å²) in [6.45, 7) is 2.53. The molecule has 0 bridgehead atoms. The predicted molar refractivity (Wildman–Crippen MR) is 110 cm³/mol. The molecule has 2 amide bonds. The monoisotopic (exact) mass is 422 g/mol. The van der Waals surface area contributed by atoms with Crippen molar-refractivity contribution in [3.05, 3.63) is 83.2 Å². The van der Waals surface area contributed by atoms with Gasteiger partial charge in [-0.05, 0) is 42.7 Å². The molecular formula is C23H20F2N4O2. The Morgan fingerprint density at radius 1 is 1.16 bits per heavy atom. The van der Waals surface area contributed by atoms with E-state index in [2.05, 4.69) is 15.3 Å². The molecule has 0 aliphatic carbocycles. The van der Waals surface area contributed by atoms with Gasteiger partial charge in [0.15, 0.2) is 5.82 Å². The molecule has 31 heavy (non-hydrogen) atoms. The van der Waals surface area contributed by atoms with Gasteiger partial charge in [-0.3, -0.25) is 9.59 Å². The number of likely N-dealkylation sites (tertiary alicyclic amines) is 1. The van der Waals surface area contributed by atoms with Crippen molar-refractivity contribution in [2.24, 2.45) is 0 Å². The van der Waals surface area contributed by atoms with Crippen molar-refractivity contribution in [1.29, 1.82) is 0 Å². The van der Waals surface area contributed by atoms with E-state index in [1.54, 1.807) is 36.1 Å². The summed E-state index contributed by atoms with van der Waals surface area (Å²) in [5, 5.41) is 2.72. The van der Waals surface area contributed by atoms with Crippen LogP contribution in [0.25, 0.3) is 11.4 Å². The van der Waals surface area contributed by atoms with Gasteiger partial charge in [0.2, 0.25) is 5.91 Å². The number of aromatic nitrogens is 2. The number of nitrogens with one attached hydrogen (secondary N) is 1. The Hall–Kier alpha value is -3.68. The molecule has 2 heterocycles. The van der Waals surface area contributed by atoms with Gasteiger partial charge in [-0.2, -0.15) is 0 Å². The minimum Gasteiger partial charge on any atom is -0.340 e. The van der Waals surface area contributed by atoms with Gasteiger partial charge in [0.25, 0.3) is 5.91 Å². The number of rotatable bonds is 5. The minimum absolute atomic E-state index is 0.187. The zero-order chi connectivity index (χ0) is 22.0. The number of carbonyl (C=O) groups excluding carboxylic acids is 2. The van der Waals surface area contributed by atoms with Crippen LogP contribution in [0.15, 0.2) is 54.9 Å². The van der Waals surface area contributed by atoms with E-state index in [9.17, 15) is 18.4 Å². The molecule has 6 nitrogen and oxygen atoms in total. The Morgan fingerprint density at radius 2 is 1.94 bits per heavy atom. The molecule has 1 atom stereocenters. The molecule has 3 aromatic rings. The van der Waals surface area contributed by atoms with Crippen molar-refractivity contribution in [3.63, 3.8) is 0 Å². The van der Waals surface area contributed by atoms with Gasteiger partial charge in [0.1, 0.15) is 17.7 Å². The van der Waals surface area contributed by atoms with E-state index in [0.29, 0.717) is 36.5 Å². The summed E-state index contributed by atoms with van der Waals surface area (Å²) >= 11 is 0. The molecule has 1 aliphatic heterocycles. The average Bonchev–Trinajstić information content (AvgIpc) is 3.10. The first-order valence-corrected chi connectivity index (χ1v) is 9.83. The summed E-state index contributed by atoms with van der Waals surface area (Å²) < 4.78 is 26.8. The normalized spacial score (nSPS) is 15.9. The summed E-state index contributed by atoms with van der Waals surface area (Å²) in [4.78, 5) is 35.1. The fourth-order valence-corrected chi connectivity index (χ4v) is 3.52. The molecule has 158 valence electrons. The fraction of sp³-hybridized carbons (Fsp3) is 0.217. The number of halogens is 2. The predicted octanol–water partition coefficient (Wildman–Crippen LogP) is 3.26. The Morgan fingerprint density at radius 3 is 2.65 bits per heavy atom. The van der Waals surface area contributed by atoms with Crippen LogP contribution in [-0.2, 0) is 11.3 Å². The third-order valence-electron chi connectivity index (χ3n) is 5.20. The van der Waals surface area contributed by atoms with Crippen LogP contribution in [0.1, 0.15) is 27.9 Å². The number of carbonyl (C=O) groups is 2. The first-order chi connectivity index (χ1) is 14.9. The maximum absolute atomic E-state index is 13.4. The zero-order valence-corrected chi connectivity index (χ0v) is 16.8. The van der Waals surface area contributed by atoms with Gasteiger partial charge in [-0.25, -0.2) is 18.7 Å². The first-order valence-electron chi connectivity index (χ1n) is 9.83. The fourth-order valence-electron chi connectivity index (χ4n) is 3.52. The molecule has 1 N–H and O–H groups in total. The Labute approximate surface area is 177 Å². The van der Waals surface area contributed by atoms with Gasteiger partial charge in [0.05, 0.1) is 5.56 Å². The van der Waals surface area contributed by atoms with Crippen LogP contribution in [0, 0.1) is 18.6 Å². The molecule has 0 radical (unpaired) electrons. The SMILES string of the molecule is Cc1cc(CN2CCC(NC(=O)c3cnc(-c4cccc(F)c4)nc3)C2=O)ccc1F. The van der Waals surface area contributed by atoms with Crippen LogP contribution in [0.2, 0.25) is 0 Å². The van der Waals surface area contributed by atoms with Gasteiger partial charge in [-0.1, -0.05) is 24.3 Å². The highest BCUT2D eigenvalue weighted by atomic mass is 19.1. The van der Waals surface area contributed by atoms with E-state index in [0.717, 1.165) is 5.56 Å². The Balaban J connectivity index is 1.38. The standard InChI is InChI=1S/C23H20F2N4O2/c1-14-9-15(5-6-19(14)25)13-29-8-7-20(23(29)31)28-22(30)17-11-26-21(27-12-17)16-3-2-4-18(24)10-16/h2-6,9-12,20H,7-8,13H2,1H3,(H,28,30). The summed E-state index contributed by atoms with van der Waals surface area (Å²) in [6.07, 6.45) is 3.18. The summed E-state index contributed by atoms with van der Waals surface area (Å²) in [7, 11) is 0. The lowest BCUT2D eigenvalue weighted by molar-refractivity contribution is -0.129. The van der Waals surface area contributed by atoms with Gasteiger partial charge in [0, 0.05) is 31.0 Å². The van der Waals surface area contributed by atoms with Crippen molar-refractivity contribution in [3.8, 4) is 11.4 Å². The largest absolute Gasteiger partial charge is 0.340 e. The lowest BCUT2D eigenvalue weighted by Crippen LogP contribution is -2.41. The second-order valence-electron chi connectivity index (χ2n) is 7.46. The van der Waals surface area contributed by atoms with Crippen LogP contribution in [0.3, 0.4) is 0 Å². The smallest absolute Gasteiger partial charge is 0.255 e. The number of hydrogen-bond acceptors (Lipinski definition) is 4. The molecular weight excluding hydrogens is 402 g/mol. The van der Waals surface area contributed by atoms with Gasteiger partial charge < -0.3 is 10.2 Å². The molecule has 2 aromatic carbocycles. The van der Waals surface area contributed by atoms with E-state index < -0.39 is 17.8 Å². The first kappa shape index (κ1) is 20.6. The maximum atomic E-state index is 13.4. The molecule has 1 unspecified atom stereocenters. The maximum Gasteiger partial charge on any atom is 0.255 e. The summed E-state index contributed by atoms with van der Waals surface area (Å²) in [5.74, 6) is -1.03. The van der Waals surface area contributed by atoms with Gasteiger partial charge >= 0.3 is 0 Å². The van der Waals surface area contributed by atoms with E-state index >= 15 is 0 Å². The van der Waals surface area contributed by atoms with E-state index in [1.165, 1.54) is 30.6 Å². The number of benzene rings is 2. The lowest BCUT2D eigenvalue weighted by atomic mass is 10.1. The molecule has 0 saturated carbocycles. The number of aryl methyl sites for hydroxylation is 1. The number of hydrogen-bond donors (Lipinski definition) is 1. The second kappa shape index (κ2) is 8.59. The van der Waals surface area contributed by atoms with Crippen LogP contribution < -0.4 is 5.32 Å². The lowest BCUT2D eigenvalue weighted by Gasteiger charge is -2.17. The Bertz CT molecular complexity index is 1130.